The molecule has 12 heteroatoms. The molecule has 10 nitrogen and oxygen atoms in total. The average molecular weight is 353 g/mol. The highest BCUT2D eigenvalue weighted by molar-refractivity contribution is 7.89. The van der Waals surface area contributed by atoms with Gasteiger partial charge in [0.1, 0.15) is 12.2 Å². The molecule has 122 valence electrons. The first-order chi connectivity index (χ1) is 9.84. The van der Waals surface area contributed by atoms with E-state index in [1.165, 1.54) is 0 Å². The molecule has 22 heavy (non-hydrogen) atoms. The summed E-state index contributed by atoms with van der Waals surface area (Å²) in [5.41, 5.74) is -0.343. The maximum atomic E-state index is 12.4. The lowest BCUT2D eigenvalue weighted by Gasteiger charge is -2.31. The first-order valence-electron chi connectivity index (χ1n) is 5.90. The summed E-state index contributed by atoms with van der Waals surface area (Å²) in [4.78, 5) is 24.5. The Labute approximate surface area is 131 Å². The Morgan fingerprint density at radius 2 is 2.18 bits per heavy atom. The highest BCUT2D eigenvalue weighted by atomic mass is 35.5. The van der Waals surface area contributed by atoms with Gasteiger partial charge in [0.2, 0.25) is 0 Å². The van der Waals surface area contributed by atoms with E-state index in [0.717, 1.165) is 22.6 Å². The van der Waals surface area contributed by atoms with Gasteiger partial charge in [-0.15, -0.1) is 12.4 Å². The molecule has 1 aromatic rings. The quantitative estimate of drug-likeness (QED) is 0.543. The van der Waals surface area contributed by atoms with E-state index in [-0.39, 0.29) is 31.2 Å². The molecule has 2 N–H and O–H groups in total. The topological polar surface area (TPSA) is 143 Å². The lowest BCUT2D eigenvalue weighted by Crippen LogP contribution is -2.56. The summed E-state index contributed by atoms with van der Waals surface area (Å²) in [7, 11) is -4.12. The van der Waals surface area contributed by atoms with Crippen LogP contribution in [0.5, 0.6) is 0 Å². The van der Waals surface area contributed by atoms with Crippen LogP contribution in [0.3, 0.4) is 0 Å². The number of sulfonamides is 1. The van der Waals surface area contributed by atoms with Gasteiger partial charge in [-0.3, -0.25) is 14.9 Å². The van der Waals surface area contributed by atoms with E-state index in [1.54, 1.807) is 0 Å². The normalized spacial score (nSPS) is 19.2. The zero-order valence-corrected chi connectivity index (χ0v) is 12.7. The fourth-order valence-corrected chi connectivity index (χ4v) is 3.43. The maximum absolute atomic E-state index is 12.4. The van der Waals surface area contributed by atoms with E-state index in [9.17, 15) is 23.3 Å². The van der Waals surface area contributed by atoms with Crippen LogP contribution in [0.15, 0.2) is 23.4 Å². The van der Waals surface area contributed by atoms with Crippen LogP contribution in [0, 0.1) is 10.1 Å². The van der Waals surface area contributed by atoms with Crippen LogP contribution in [0.2, 0.25) is 0 Å². The molecule has 0 aromatic carbocycles. The van der Waals surface area contributed by atoms with Crippen molar-refractivity contribution in [1.29, 1.82) is 0 Å². The number of pyridine rings is 1. The van der Waals surface area contributed by atoms with E-state index < -0.39 is 32.0 Å². The first kappa shape index (κ1) is 18.2. The molecular weight excluding hydrogens is 340 g/mol. The minimum absolute atomic E-state index is 0. The van der Waals surface area contributed by atoms with Gasteiger partial charge in [-0.1, -0.05) is 0 Å². The van der Waals surface area contributed by atoms with Crippen LogP contribution in [-0.2, 0) is 14.8 Å². The molecule has 1 unspecified atom stereocenters. The average Bonchev–Trinajstić information content (AvgIpc) is 2.47. The first-order valence-corrected chi connectivity index (χ1v) is 7.34. The van der Waals surface area contributed by atoms with Crippen molar-refractivity contribution >= 4 is 34.1 Å². The standard InChI is InChI=1S/C10H12N4O6S.ClH/c15-10(16)8-6-11-3-4-13(8)21(19,20)9-2-1-7(5-12-9)14(17)18;/h1-2,5,8,11H,3-4,6H2,(H,15,16);1H. The Hall–Kier alpha value is -1.82. The van der Waals surface area contributed by atoms with Crippen molar-refractivity contribution in [3.63, 3.8) is 0 Å². The second-order valence-corrected chi connectivity index (χ2v) is 6.12. The third-order valence-electron chi connectivity index (χ3n) is 2.98. The third-order valence-corrected chi connectivity index (χ3v) is 4.81. The molecule has 1 aliphatic rings. The number of hydrogen-bond donors (Lipinski definition) is 2. The summed E-state index contributed by atoms with van der Waals surface area (Å²) in [5, 5.41) is 22.0. The zero-order chi connectivity index (χ0) is 15.6. The van der Waals surface area contributed by atoms with Gasteiger partial charge in [0.15, 0.2) is 5.03 Å². The highest BCUT2D eigenvalue weighted by Gasteiger charge is 2.38. The number of hydrogen-bond acceptors (Lipinski definition) is 7. The zero-order valence-electron chi connectivity index (χ0n) is 11.1. The molecule has 0 radical (unpaired) electrons. The lowest BCUT2D eigenvalue weighted by molar-refractivity contribution is -0.385. The summed E-state index contributed by atoms with van der Waals surface area (Å²) in [6.45, 7) is 0.287. The number of aliphatic carboxylic acids is 1. The molecule has 2 heterocycles. The molecule has 1 atom stereocenters. The van der Waals surface area contributed by atoms with Crippen molar-refractivity contribution in [3.05, 3.63) is 28.4 Å². The smallest absolute Gasteiger partial charge is 0.323 e. The second kappa shape index (κ2) is 6.96. The van der Waals surface area contributed by atoms with Gasteiger partial charge in [-0.05, 0) is 6.07 Å². The Kier molecular flexibility index (Phi) is 5.77. The third kappa shape index (κ3) is 3.50. The van der Waals surface area contributed by atoms with Crippen molar-refractivity contribution in [2.45, 2.75) is 11.1 Å². The van der Waals surface area contributed by atoms with Gasteiger partial charge >= 0.3 is 5.97 Å². The minimum atomic E-state index is -4.12. The Morgan fingerprint density at radius 3 is 2.68 bits per heavy atom. The number of piperazine rings is 1. The van der Waals surface area contributed by atoms with E-state index >= 15 is 0 Å². The number of carboxylic acids is 1. The van der Waals surface area contributed by atoms with Crippen LogP contribution >= 0.6 is 12.4 Å². The Morgan fingerprint density at radius 1 is 1.50 bits per heavy atom. The van der Waals surface area contributed by atoms with E-state index in [0.29, 0.717) is 6.54 Å². The summed E-state index contributed by atoms with van der Waals surface area (Å²) >= 11 is 0. The number of nitrogens with zero attached hydrogens (tertiary/aromatic N) is 3. The summed E-state index contributed by atoms with van der Waals surface area (Å²) < 4.78 is 25.6. The van der Waals surface area contributed by atoms with Gasteiger partial charge in [0, 0.05) is 25.7 Å². The molecule has 1 aromatic heterocycles. The van der Waals surface area contributed by atoms with Gasteiger partial charge in [-0.2, -0.15) is 4.31 Å². The lowest BCUT2D eigenvalue weighted by atomic mass is 10.2. The van der Waals surface area contributed by atoms with E-state index in [1.807, 2.05) is 0 Å². The molecule has 0 amide bonds. The largest absolute Gasteiger partial charge is 0.480 e. The predicted octanol–water partition coefficient (Wildman–Crippen LogP) is -0.541. The van der Waals surface area contributed by atoms with Crippen LogP contribution < -0.4 is 5.32 Å². The summed E-state index contributed by atoms with van der Waals surface area (Å²) in [5.74, 6) is -1.27. The van der Waals surface area contributed by atoms with Gasteiger partial charge in [0.25, 0.3) is 15.7 Å². The molecule has 2 rings (SSSR count). The van der Waals surface area contributed by atoms with Crippen molar-refractivity contribution in [2.24, 2.45) is 0 Å². The number of aromatic nitrogens is 1. The Balaban J connectivity index is 0.00000242. The van der Waals surface area contributed by atoms with Gasteiger partial charge in [-0.25, -0.2) is 13.4 Å². The van der Waals surface area contributed by atoms with Gasteiger partial charge < -0.3 is 10.4 Å². The molecule has 0 saturated carbocycles. The molecule has 1 fully saturated rings. The molecule has 0 aliphatic carbocycles. The van der Waals surface area contributed by atoms with Crippen molar-refractivity contribution in [1.82, 2.24) is 14.6 Å². The van der Waals surface area contributed by atoms with Crippen molar-refractivity contribution < 1.29 is 23.2 Å². The SMILES string of the molecule is Cl.O=C(O)C1CNCCN1S(=O)(=O)c1ccc([N+](=O)[O-])cn1. The molecule has 1 aliphatic heterocycles. The second-order valence-electron chi connectivity index (χ2n) is 4.29. The van der Waals surface area contributed by atoms with E-state index in [2.05, 4.69) is 10.3 Å². The summed E-state index contributed by atoms with van der Waals surface area (Å²) in [6, 6.07) is 0.771. The number of rotatable bonds is 4. The molecular formula is C10H13ClN4O6S. The maximum Gasteiger partial charge on any atom is 0.323 e. The number of nitrogens with one attached hydrogen (secondary N) is 1. The molecule has 0 bridgehead atoms. The fourth-order valence-electron chi connectivity index (χ4n) is 1.94. The minimum Gasteiger partial charge on any atom is -0.480 e. The van der Waals surface area contributed by atoms with Crippen LogP contribution in [0.25, 0.3) is 0 Å². The van der Waals surface area contributed by atoms with E-state index in [4.69, 9.17) is 5.11 Å². The number of carboxylic acid groups (broad SMARTS) is 1. The molecule has 0 spiro atoms. The van der Waals surface area contributed by atoms with Crippen LogP contribution in [-0.4, -0.2) is 59.4 Å². The fraction of sp³-hybridized carbons (Fsp3) is 0.400. The van der Waals surface area contributed by atoms with Crippen LogP contribution in [0.4, 0.5) is 5.69 Å². The Bertz CT molecular complexity index is 664. The monoisotopic (exact) mass is 352 g/mol. The molecule has 1 saturated heterocycles. The predicted molar refractivity (Wildman–Crippen MR) is 76.3 cm³/mol. The number of nitro groups is 1. The number of carbonyl (C=O) groups is 1. The summed E-state index contributed by atoms with van der Waals surface area (Å²) in [6.07, 6.45) is 0.824. The number of halogens is 1. The van der Waals surface area contributed by atoms with Crippen molar-refractivity contribution in [2.75, 3.05) is 19.6 Å². The van der Waals surface area contributed by atoms with Crippen molar-refractivity contribution in [3.8, 4) is 0 Å². The van der Waals surface area contributed by atoms with Gasteiger partial charge in [0.05, 0.1) is 4.92 Å². The highest BCUT2D eigenvalue weighted by Crippen LogP contribution is 2.19. The van der Waals surface area contributed by atoms with Crippen LogP contribution in [0.1, 0.15) is 0 Å².